The summed E-state index contributed by atoms with van der Waals surface area (Å²) < 4.78 is 11.4. The molecular weight excluding hydrogens is 312 g/mol. The maximum atomic E-state index is 11.4. The molecule has 0 spiro atoms. The Kier molecular flexibility index (Phi) is 4.93. The van der Waals surface area contributed by atoms with Gasteiger partial charge < -0.3 is 5.32 Å². The van der Waals surface area contributed by atoms with Gasteiger partial charge in [-0.05, 0) is 17.6 Å². The zero-order valence-electron chi connectivity index (χ0n) is 13.1. The fourth-order valence-electron chi connectivity index (χ4n) is 2.69. The number of hydrogen-bond acceptors (Lipinski definition) is 4. The Morgan fingerprint density at radius 2 is 2.04 bits per heavy atom. The number of rotatable bonds is 4. The lowest BCUT2D eigenvalue weighted by Crippen LogP contribution is -2.23. The van der Waals surface area contributed by atoms with Crippen molar-refractivity contribution in [2.24, 2.45) is 0 Å². The number of hydroxylamine groups is 1. The Hall–Kier alpha value is -1.92. The third-order valence-electron chi connectivity index (χ3n) is 3.98. The second-order valence-electron chi connectivity index (χ2n) is 5.65. The minimum atomic E-state index is -0.697. The van der Waals surface area contributed by atoms with E-state index in [4.69, 9.17) is 4.84 Å². The zero-order chi connectivity index (χ0) is 16.2. The minimum absolute atomic E-state index is 0.0549. The van der Waals surface area contributed by atoms with Crippen LogP contribution in [-0.4, -0.2) is 34.8 Å². The van der Waals surface area contributed by atoms with E-state index in [1.165, 1.54) is 18.1 Å². The van der Waals surface area contributed by atoms with Crippen molar-refractivity contribution in [3.05, 3.63) is 47.0 Å². The summed E-state index contributed by atoms with van der Waals surface area (Å²) in [5, 5.41) is 2.80. The van der Waals surface area contributed by atoms with E-state index in [1.54, 1.807) is 0 Å². The molecule has 1 amide bonds. The van der Waals surface area contributed by atoms with Gasteiger partial charge in [0, 0.05) is 46.9 Å². The first kappa shape index (κ1) is 16.0. The predicted octanol–water partition coefficient (Wildman–Crippen LogP) is 1.60. The predicted molar refractivity (Wildman–Crippen MR) is 91.6 cm³/mol. The highest BCUT2D eigenvalue weighted by Gasteiger charge is 2.17. The number of allylic oxidation sites excluding steroid dienone is 1. The molecule has 2 N–H and O–H groups in total. The molecule has 2 aliphatic heterocycles. The summed E-state index contributed by atoms with van der Waals surface area (Å²) in [6, 6.07) is 8.26. The highest BCUT2D eigenvalue weighted by atomic mass is 32.2. The van der Waals surface area contributed by atoms with E-state index in [0.29, 0.717) is 18.9 Å². The van der Waals surface area contributed by atoms with Gasteiger partial charge in [-0.25, -0.2) is 0 Å². The van der Waals surface area contributed by atoms with Crippen molar-refractivity contribution in [3.8, 4) is 0 Å². The van der Waals surface area contributed by atoms with Gasteiger partial charge in [-0.3, -0.25) is 19.3 Å². The normalized spacial score (nSPS) is 20.9. The Morgan fingerprint density at radius 1 is 1.30 bits per heavy atom. The van der Waals surface area contributed by atoms with Gasteiger partial charge in [0.25, 0.3) is 0 Å². The Balaban J connectivity index is 1.77. The second-order valence-corrected chi connectivity index (χ2v) is 7.27. The summed E-state index contributed by atoms with van der Waals surface area (Å²) in [4.78, 5) is 16.4. The zero-order valence-corrected chi connectivity index (χ0v) is 13.9. The molecule has 23 heavy (non-hydrogen) atoms. The molecule has 122 valence electrons. The number of amides is 1. The fourth-order valence-corrected chi connectivity index (χ4v) is 3.69. The Morgan fingerprint density at radius 3 is 2.70 bits per heavy atom. The van der Waals surface area contributed by atoms with Crippen LogP contribution in [0.25, 0.3) is 11.3 Å². The molecule has 1 unspecified atom stereocenters. The minimum Gasteiger partial charge on any atom is -0.352 e. The van der Waals surface area contributed by atoms with Gasteiger partial charge >= 0.3 is 0 Å². The smallest absolute Gasteiger partial charge is 0.217 e. The number of carbonyl (C=O) groups is 1. The van der Waals surface area contributed by atoms with Crippen molar-refractivity contribution in [3.63, 3.8) is 0 Å². The second kappa shape index (κ2) is 7.10. The van der Waals surface area contributed by atoms with Crippen molar-refractivity contribution in [2.45, 2.75) is 13.3 Å². The van der Waals surface area contributed by atoms with Gasteiger partial charge in [0.15, 0.2) is 0 Å². The monoisotopic (exact) mass is 332 g/mol. The molecule has 1 aromatic rings. The van der Waals surface area contributed by atoms with Crippen LogP contribution in [0.3, 0.4) is 0 Å². The molecule has 0 bridgehead atoms. The number of carbonyl (C=O) groups excluding carboxylic acids is 1. The van der Waals surface area contributed by atoms with Crippen LogP contribution in [0.2, 0.25) is 0 Å². The van der Waals surface area contributed by atoms with Crippen LogP contribution < -0.4 is 10.8 Å². The third kappa shape index (κ3) is 3.89. The summed E-state index contributed by atoms with van der Waals surface area (Å²) in [5.74, 6) is 1.34. The number of benzene rings is 1. The summed E-state index contributed by atoms with van der Waals surface area (Å²) >= 11 is 0. The maximum Gasteiger partial charge on any atom is 0.217 e. The van der Waals surface area contributed by atoms with E-state index in [9.17, 15) is 9.00 Å². The molecule has 0 aromatic heterocycles. The fraction of sp³-hybridized carbons (Fsp3) is 0.353. The standard InChI is InChI=1S/C17H20N2O3S/c1-12(20)18-10-16-11-22-19-17(16)15-4-2-13(3-5-15)14-6-8-23(21)9-7-14/h2-6,19H,7-11H2,1H3,(H,18,20). The first-order chi connectivity index (χ1) is 11.1. The molecule has 3 rings (SSSR count). The van der Waals surface area contributed by atoms with Crippen LogP contribution in [0.15, 0.2) is 35.9 Å². The van der Waals surface area contributed by atoms with E-state index >= 15 is 0 Å². The molecular formula is C17H20N2O3S. The lowest BCUT2D eigenvalue weighted by Gasteiger charge is -2.14. The molecule has 1 aromatic carbocycles. The summed E-state index contributed by atoms with van der Waals surface area (Å²) in [6.07, 6.45) is 2.94. The molecule has 0 aliphatic carbocycles. The van der Waals surface area contributed by atoms with Crippen LogP contribution in [0.5, 0.6) is 0 Å². The van der Waals surface area contributed by atoms with Crippen LogP contribution >= 0.6 is 0 Å². The molecule has 1 atom stereocenters. The average molecular weight is 332 g/mol. The molecule has 2 aliphatic rings. The molecule has 2 heterocycles. The van der Waals surface area contributed by atoms with E-state index < -0.39 is 10.8 Å². The molecule has 0 radical (unpaired) electrons. The molecule has 0 fully saturated rings. The topological polar surface area (TPSA) is 67.4 Å². The largest absolute Gasteiger partial charge is 0.352 e. The van der Waals surface area contributed by atoms with Crippen LogP contribution in [0.1, 0.15) is 24.5 Å². The molecule has 0 saturated heterocycles. The van der Waals surface area contributed by atoms with Crippen LogP contribution in [-0.2, 0) is 20.4 Å². The van der Waals surface area contributed by atoms with Crippen LogP contribution in [0, 0.1) is 0 Å². The highest BCUT2D eigenvalue weighted by Crippen LogP contribution is 2.26. The molecule has 6 heteroatoms. The molecule has 5 nitrogen and oxygen atoms in total. The van der Waals surface area contributed by atoms with Crippen LogP contribution in [0.4, 0.5) is 0 Å². The Labute approximate surface area is 138 Å². The number of hydrogen-bond donors (Lipinski definition) is 2. The van der Waals surface area contributed by atoms with Crippen molar-refractivity contribution in [1.29, 1.82) is 0 Å². The van der Waals surface area contributed by atoms with Gasteiger partial charge in [-0.1, -0.05) is 30.3 Å². The quantitative estimate of drug-likeness (QED) is 0.879. The SMILES string of the molecule is CC(=O)NCC1=C(c2ccc(C3=CCS(=O)CC3)cc2)NOC1. The summed E-state index contributed by atoms with van der Waals surface area (Å²) in [6.45, 7) is 2.45. The average Bonchev–Trinajstić information content (AvgIpc) is 3.02. The lowest BCUT2D eigenvalue weighted by atomic mass is 9.99. The Bertz CT molecular complexity index is 692. The van der Waals surface area contributed by atoms with E-state index in [-0.39, 0.29) is 5.91 Å². The maximum absolute atomic E-state index is 11.4. The van der Waals surface area contributed by atoms with Gasteiger partial charge in [-0.2, -0.15) is 0 Å². The van der Waals surface area contributed by atoms with Gasteiger partial charge in [-0.15, -0.1) is 0 Å². The third-order valence-corrected chi connectivity index (χ3v) is 5.18. The first-order valence-electron chi connectivity index (χ1n) is 7.62. The molecule has 0 saturated carbocycles. The van der Waals surface area contributed by atoms with Gasteiger partial charge in [0.05, 0.1) is 12.3 Å². The number of nitrogens with one attached hydrogen (secondary N) is 2. The van der Waals surface area contributed by atoms with E-state index in [1.807, 2.05) is 12.1 Å². The lowest BCUT2D eigenvalue weighted by molar-refractivity contribution is -0.118. The van der Waals surface area contributed by atoms with Crippen molar-refractivity contribution >= 4 is 28.0 Å². The first-order valence-corrected chi connectivity index (χ1v) is 9.11. The summed E-state index contributed by atoms with van der Waals surface area (Å²) in [5.41, 5.74) is 8.34. The van der Waals surface area contributed by atoms with Gasteiger partial charge in [0.1, 0.15) is 0 Å². The van der Waals surface area contributed by atoms with Crippen molar-refractivity contribution < 1.29 is 13.8 Å². The van der Waals surface area contributed by atoms with Gasteiger partial charge in [0.2, 0.25) is 5.91 Å². The summed E-state index contributed by atoms with van der Waals surface area (Å²) in [7, 11) is -0.697. The highest BCUT2D eigenvalue weighted by molar-refractivity contribution is 7.85. The van der Waals surface area contributed by atoms with E-state index in [2.05, 4.69) is 29.0 Å². The van der Waals surface area contributed by atoms with E-state index in [0.717, 1.165) is 29.0 Å². The van der Waals surface area contributed by atoms with Crippen molar-refractivity contribution in [2.75, 3.05) is 24.7 Å². The van der Waals surface area contributed by atoms with Crippen molar-refractivity contribution in [1.82, 2.24) is 10.8 Å².